The Labute approximate surface area is 103 Å². The number of aliphatic hydroxyl groups is 1. The molecule has 0 bridgehead atoms. The van der Waals surface area contributed by atoms with E-state index in [1.165, 1.54) is 11.1 Å². The highest BCUT2D eigenvalue weighted by atomic mass is 16.5. The van der Waals surface area contributed by atoms with Crippen molar-refractivity contribution in [3.63, 3.8) is 0 Å². The molecule has 1 heterocycles. The van der Waals surface area contributed by atoms with E-state index in [0.29, 0.717) is 0 Å². The van der Waals surface area contributed by atoms with Gasteiger partial charge in [-0.05, 0) is 43.5 Å². The Morgan fingerprint density at radius 2 is 2.29 bits per heavy atom. The predicted octanol–water partition coefficient (Wildman–Crippen LogP) is 1.96. The molecule has 1 atom stereocenters. The number of nitrogens with zero attached hydrogens (tertiary/aromatic N) is 1. The molecule has 1 fully saturated rings. The first-order chi connectivity index (χ1) is 8.19. The first-order valence-electron chi connectivity index (χ1n) is 6.23. The lowest BCUT2D eigenvalue weighted by Gasteiger charge is -2.30. The van der Waals surface area contributed by atoms with E-state index in [9.17, 15) is 5.11 Å². The molecule has 0 radical (unpaired) electrons. The molecule has 0 aliphatic carbocycles. The molecule has 0 amide bonds. The highest BCUT2D eigenvalue weighted by Crippen LogP contribution is 2.20. The van der Waals surface area contributed by atoms with E-state index in [1.807, 2.05) is 6.07 Å². The molecule has 1 saturated heterocycles. The third-order valence-electron chi connectivity index (χ3n) is 3.35. The number of aliphatic hydroxyl groups excluding tert-OH is 1. The molecule has 2 rings (SSSR count). The molecule has 0 aromatic heterocycles. The summed E-state index contributed by atoms with van der Waals surface area (Å²) in [5.74, 6) is 0.937. The minimum Gasteiger partial charge on any atom is -0.496 e. The summed E-state index contributed by atoms with van der Waals surface area (Å²) in [4.78, 5) is 2.31. The fourth-order valence-corrected chi connectivity index (χ4v) is 2.47. The number of hydrogen-bond acceptors (Lipinski definition) is 3. The molecule has 3 nitrogen and oxygen atoms in total. The van der Waals surface area contributed by atoms with Crippen molar-refractivity contribution in [3.8, 4) is 5.75 Å². The van der Waals surface area contributed by atoms with Gasteiger partial charge in [0.1, 0.15) is 5.75 Å². The Bertz CT molecular complexity index is 378. The standard InChI is InChI=1S/C14H21NO2/c1-11-8-12(5-6-14(11)17-2)9-15-7-3-4-13(16)10-15/h5-6,8,13,16H,3-4,7,9-10H2,1-2H3/t13-/m0/s1. The molecule has 1 N–H and O–H groups in total. The van der Waals surface area contributed by atoms with Crippen LogP contribution in [0.3, 0.4) is 0 Å². The summed E-state index contributed by atoms with van der Waals surface area (Å²) in [6, 6.07) is 6.29. The van der Waals surface area contributed by atoms with Crippen molar-refractivity contribution in [3.05, 3.63) is 29.3 Å². The zero-order valence-corrected chi connectivity index (χ0v) is 10.6. The van der Waals surface area contributed by atoms with E-state index in [-0.39, 0.29) is 6.10 Å². The maximum absolute atomic E-state index is 9.63. The van der Waals surface area contributed by atoms with Crippen LogP contribution in [0.4, 0.5) is 0 Å². The minimum atomic E-state index is -0.150. The summed E-state index contributed by atoms with van der Waals surface area (Å²) in [6.45, 7) is 4.86. The molecule has 94 valence electrons. The largest absolute Gasteiger partial charge is 0.496 e. The summed E-state index contributed by atoms with van der Waals surface area (Å²) in [6.07, 6.45) is 1.89. The van der Waals surface area contributed by atoms with Crippen LogP contribution in [0.2, 0.25) is 0 Å². The van der Waals surface area contributed by atoms with Gasteiger partial charge in [-0.15, -0.1) is 0 Å². The van der Waals surface area contributed by atoms with Crippen LogP contribution in [-0.4, -0.2) is 36.3 Å². The molecule has 1 aliphatic heterocycles. The molecule has 1 aromatic rings. The summed E-state index contributed by atoms with van der Waals surface area (Å²) in [7, 11) is 1.70. The quantitative estimate of drug-likeness (QED) is 0.869. The van der Waals surface area contributed by atoms with E-state index in [2.05, 4.69) is 24.0 Å². The molecular formula is C14H21NO2. The number of benzene rings is 1. The number of β-amino-alcohol motifs (C(OH)–C–C–N with tert-alkyl or cyclic N) is 1. The van der Waals surface area contributed by atoms with E-state index >= 15 is 0 Å². The first-order valence-corrected chi connectivity index (χ1v) is 6.23. The van der Waals surface area contributed by atoms with Gasteiger partial charge in [0.2, 0.25) is 0 Å². The lowest BCUT2D eigenvalue weighted by molar-refractivity contribution is 0.0668. The number of hydrogen-bond donors (Lipinski definition) is 1. The van der Waals surface area contributed by atoms with E-state index in [0.717, 1.165) is 38.2 Å². The topological polar surface area (TPSA) is 32.7 Å². The third kappa shape index (κ3) is 3.20. The fraction of sp³-hybridized carbons (Fsp3) is 0.571. The number of rotatable bonds is 3. The van der Waals surface area contributed by atoms with Gasteiger partial charge in [0.05, 0.1) is 13.2 Å². The normalized spacial score (nSPS) is 21.5. The maximum Gasteiger partial charge on any atom is 0.121 e. The van der Waals surface area contributed by atoms with Crippen LogP contribution < -0.4 is 4.74 Å². The van der Waals surface area contributed by atoms with Crippen molar-refractivity contribution in [2.24, 2.45) is 0 Å². The summed E-state index contributed by atoms with van der Waals surface area (Å²) >= 11 is 0. The summed E-state index contributed by atoms with van der Waals surface area (Å²) in [5, 5.41) is 9.63. The van der Waals surface area contributed by atoms with E-state index in [4.69, 9.17) is 4.74 Å². The average Bonchev–Trinajstić information content (AvgIpc) is 2.29. The van der Waals surface area contributed by atoms with Crippen molar-refractivity contribution in [2.75, 3.05) is 20.2 Å². The number of piperidine rings is 1. The van der Waals surface area contributed by atoms with Gasteiger partial charge in [0, 0.05) is 13.1 Å². The monoisotopic (exact) mass is 235 g/mol. The first kappa shape index (κ1) is 12.4. The van der Waals surface area contributed by atoms with Crippen LogP contribution in [0.5, 0.6) is 5.75 Å². The highest BCUT2D eigenvalue weighted by Gasteiger charge is 2.17. The molecule has 1 aromatic carbocycles. The van der Waals surface area contributed by atoms with Crippen molar-refractivity contribution in [1.82, 2.24) is 4.90 Å². The van der Waals surface area contributed by atoms with Gasteiger partial charge in [0.15, 0.2) is 0 Å². The summed E-state index contributed by atoms with van der Waals surface area (Å²) < 4.78 is 5.25. The Morgan fingerprint density at radius 1 is 1.47 bits per heavy atom. The van der Waals surface area contributed by atoms with Crippen LogP contribution in [-0.2, 0) is 6.54 Å². The van der Waals surface area contributed by atoms with Gasteiger partial charge in [-0.25, -0.2) is 0 Å². The highest BCUT2D eigenvalue weighted by molar-refractivity contribution is 5.36. The average molecular weight is 235 g/mol. The molecule has 0 unspecified atom stereocenters. The second kappa shape index (κ2) is 5.52. The number of likely N-dealkylation sites (tertiary alicyclic amines) is 1. The molecule has 0 saturated carbocycles. The van der Waals surface area contributed by atoms with Crippen LogP contribution >= 0.6 is 0 Å². The predicted molar refractivity (Wildman–Crippen MR) is 68.2 cm³/mol. The van der Waals surface area contributed by atoms with Crippen molar-refractivity contribution < 1.29 is 9.84 Å². The van der Waals surface area contributed by atoms with Gasteiger partial charge in [-0.1, -0.05) is 12.1 Å². The molecule has 0 spiro atoms. The molecule has 17 heavy (non-hydrogen) atoms. The lowest BCUT2D eigenvalue weighted by atomic mass is 10.1. The number of methoxy groups -OCH3 is 1. The van der Waals surface area contributed by atoms with Crippen molar-refractivity contribution in [2.45, 2.75) is 32.4 Å². The molecular weight excluding hydrogens is 214 g/mol. The third-order valence-corrected chi connectivity index (χ3v) is 3.35. The number of aryl methyl sites for hydroxylation is 1. The van der Waals surface area contributed by atoms with Gasteiger partial charge in [0.25, 0.3) is 0 Å². The van der Waals surface area contributed by atoms with Crippen LogP contribution in [0.15, 0.2) is 18.2 Å². The van der Waals surface area contributed by atoms with Gasteiger partial charge < -0.3 is 9.84 Å². The van der Waals surface area contributed by atoms with Gasteiger partial charge in [-0.2, -0.15) is 0 Å². The van der Waals surface area contributed by atoms with Gasteiger partial charge >= 0.3 is 0 Å². The second-order valence-corrected chi connectivity index (χ2v) is 4.84. The van der Waals surface area contributed by atoms with Crippen LogP contribution in [0.1, 0.15) is 24.0 Å². The van der Waals surface area contributed by atoms with Crippen molar-refractivity contribution >= 4 is 0 Å². The fourth-order valence-electron chi connectivity index (χ4n) is 2.47. The zero-order valence-electron chi connectivity index (χ0n) is 10.6. The SMILES string of the molecule is COc1ccc(CN2CCC[C@H](O)C2)cc1C. The van der Waals surface area contributed by atoms with Crippen LogP contribution in [0.25, 0.3) is 0 Å². The zero-order chi connectivity index (χ0) is 12.3. The molecule has 1 aliphatic rings. The number of ether oxygens (including phenoxy) is 1. The second-order valence-electron chi connectivity index (χ2n) is 4.84. The smallest absolute Gasteiger partial charge is 0.121 e. The maximum atomic E-state index is 9.63. The minimum absolute atomic E-state index is 0.150. The lowest BCUT2D eigenvalue weighted by Crippen LogP contribution is -2.37. The van der Waals surface area contributed by atoms with Crippen LogP contribution in [0, 0.1) is 6.92 Å². The molecule has 3 heteroatoms. The van der Waals surface area contributed by atoms with Gasteiger partial charge in [-0.3, -0.25) is 4.90 Å². The van der Waals surface area contributed by atoms with E-state index in [1.54, 1.807) is 7.11 Å². The van der Waals surface area contributed by atoms with Crippen molar-refractivity contribution in [1.29, 1.82) is 0 Å². The Morgan fingerprint density at radius 3 is 2.94 bits per heavy atom. The Balaban J connectivity index is 2.00. The van der Waals surface area contributed by atoms with E-state index < -0.39 is 0 Å². The summed E-state index contributed by atoms with van der Waals surface area (Å²) in [5.41, 5.74) is 2.46. The Hall–Kier alpha value is -1.06. The Kier molecular flexibility index (Phi) is 4.02.